The summed E-state index contributed by atoms with van der Waals surface area (Å²) in [4.78, 5) is 0. The number of nitrogens with zero attached hydrogens (tertiary/aromatic N) is 1. The molecule has 2 nitrogen and oxygen atoms in total. The van der Waals surface area contributed by atoms with Gasteiger partial charge in [0.2, 0.25) is 0 Å². The number of halogens is 1. The zero-order valence-electron chi connectivity index (χ0n) is 8.07. The van der Waals surface area contributed by atoms with Gasteiger partial charge in [-0.05, 0) is 28.9 Å². The van der Waals surface area contributed by atoms with Crippen LogP contribution in [0.4, 0.5) is 0 Å². The second-order valence-electron chi connectivity index (χ2n) is 3.49. The number of para-hydroxylation sites is 1. The van der Waals surface area contributed by atoms with Crippen LogP contribution in [-0.2, 0) is 0 Å². The van der Waals surface area contributed by atoms with Crippen LogP contribution < -0.4 is 5.73 Å². The molecule has 0 amide bonds. The molecule has 74 valence electrons. The summed E-state index contributed by atoms with van der Waals surface area (Å²) in [6.07, 6.45) is 2.10. The molecule has 2 N–H and O–H groups in total. The molecular weight excluding hydrogens is 240 g/mol. The minimum atomic E-state index is 0.339. The number of benzene rings is 1. The number of hydrogen-bond donors (Lipinski definition) is 1. The standard InChI is InChI=1S/C11H13BrN2/c1-8(6-13)14-7-10(12)9-4-2-3-5-11(9)14/h2-5,7-8H,6,13H2,1H3. The van der Waals surface area contributed by atoms with Gasteiger partial charge in [-0.25, -0.2) is 0 Å². The van der Waals surface area contributed by atoms with Crippen molar-refractivity contribution in [2.75, 3.05) is 6.54 Å². The number of rotatable bonds is 2. The first-order valence-corrected chi connectivity index (χ1v) is 5.48. The Morgan fingerprint density at radius 2 is 2.14 bits per heavy atom. The molecule has 3 heteroatoms. The monoisotopic (exact) mass is 252 g/mol. The van der Waals surface area contributed by atoms with Crippen molar-refractivity contribution in [2.45, 2.75) is 13.0 Å². The molecule has 2 aromatic rings. The van der Waals surface area contributed by atoms with Gasteiger partial charge in [0, 0.05) is 34.2 Å². The summed E-state index contributed by atoms with van der Waals surface area (Å²) in [7, 11) is 0. The molecule has 0 saturated heterocycles. The summed E-state index contributed by atoms with van der Waals surface area (Å²) in [5, 5.41) is 1.24. The van der Waals surface area contributed by atoms with Gasteiger partial charge in [0.15, 0.2) is 0 Å². The van der Waals surface area contributed by atoms with E-state index in [1.807, 2.05) is 6.07 Å². The summed E-state index contributed by atoms with van der Waals surface area (Å²) in [6, 6.07) is 8.66. The normalized spacial score (nSPS) is 13.4. The molecule has 1 heterocycles. The Hall–Kier alpha value is -0.800. The largest absolute Gasteiger partial charge is 0.342 e. The van der Waals surface area contributed by atoms with Crippen LogP contribution in [0.3, 0.4) is 0 Å². The number of fused-ring (bicyclic) bond motifs is 1. The molecule has 1 unspecified atom stereocenters. The lowest BCUT2D eigenvalue weighted by Crippen LogP contribution is -2.14. The lowest BCUT2D eigenvalue weighted by atomic mass is 10.2. The second kappa shape index (κ2) is 3.75. The first-order chi connectivity index (χ1) is 6.74. The first-order valence-electron chi connectivity index (χ1n) is 4.69. The lowest BCUT2D eigenvalue weighted by Gasteiger charge is -2.11. The maximum atomic E-state index is 5.67. The zero-order chi connectivity index (χ0) is 10.1. The molecule has 0 aliphatic carbocycles. The Bertz CT molecular complexity index is 447. The van der Waals surface area contributed by atoms with Crippen molar-refractivity contribution in [1.29, 1.82) is 0 Å². The van der Waals surface area contributed by atoms with Crippen molar-refractivity contribution < 1.29 is 0 Å². The summed E-state index contributed by atoms with van der Waals surface area (Å²) in [5.41, 5.74) is 6.90. The highest BCUT2D eigenvalue weighted by molar-refractivity contribution is 9.10. The Morgan fingerprint density at radius 1 is 1.43 bits per heavy atom. The van der Waals surface area contributed by atoms with Crippen molar-refractivity contribution in [2.24, 2.45) is 5.73 Å². The van der Waals surface area contributed by atoms with Gasteiger partial charge in [-0.1, -0.05) is 18.2 Å². The van der Waals surface area contributed by atoms with E-state index in [0.29, 0.717) is 12.6 Å². The number of hydrogen-bond acceptors (Lipinski definition) is 1. The van der Waals surface area contributed by atoms with E-state index in [1.54, 1.807) is 0 Å². The molecule has 1 aromatic heterocycles. The Morgan fingerprint density at radius 3 is 2.86 bits per heavy atom. The van der Waals surface area contributed by atoms with Crippen molar-refractivity contribution in [1.82, 2.24) is 4.57 Å². The van der Waals surface area contributed by atoms with E-state index in [4.69, 9.17) is 5.73 Å². The SMILES string of the molecule is CC(CN)n1cc(Br)c2ccccc21. The molecule has 0 saturated carbocycles. The van der Waals surface area contributed by atoms with Crippen LogP contribution in [0.15, 0.2) is 34.9 Å². The van der Waals surface area contributed by atoms with Crippen LogP contribution in [0.2, 0.25) is 0 Å². The van der Waals surface area contributed by atoms with Crippen molar-refractivity contribution in [3.05, 3.63) is 34.9 Å². The summed E-state index contributed by atoms with van der Waals surface area (Å²) < 4.78 is 3.34. The minimum Gasteiger partial charge on any atom is -0.342 e. The zero-order valence-corrected chi connectivity index (χ0v) is 9.66. The quantitative estimate of drug-likeness (QED) is 0.876. The summed E-state index contributed by atoms with van der Waals surface area (Å²) in [5.74, 6) is 0. The Balaban J connectivity index is 2.66. The number of aromatic nitrogens is 1. The third-order valence-electron chi connectivity index (χ3n) is 2.51. The maximum absolute atomic E-state index is 5.67. The minimum absolute atomic E-state index is 0.339. The number of nitrogens with two attached hydrogens (primary N) is 1. The smallest absolute Gasteiger partial charge is 0.0495 e. The van der Waals surface area contributed by atoms with Gasteiger partial charge in [0.25, 0.3) is 0 Å². The van der Waals surface area contributed by atoms with E-state index >= 15 is 0 Å². The van der Waals surface area contributed by atoms with Crippen LogP contribution in [0, 0.1) is 0 Å². The van der Waals surface area contributed by atoms with Crippen LogP contribution in [0.1, 0.15) is 13.0 Å². The molecule has 1 aromatic carbocycles. The first kappa shape index (κ1) is 9.74. The highest BCUT2D eigenvalue weighted by Crippen LogP contribution is 2.28. The van der Waals surface area contributed by atoms with Crippen LogP contribution >= 0.6 is 15.9 Å². The summed E-state index contributed by atoms with van der Waals surface area (Å²) >= 11 is 3.55. The highest BCUT2D eigenvalue weighted by Gasteiger charge is 2.09. The molecule has 0 aliphatic heterocycles. The maximum Gasteiger partial charge on any atom is 0.0495 e. The molecule has 0 bridgehead atoms. The molecule has 0 radical (unpaired) electrons. The average molecular weight is 253 g/mol. The van der Waals surface area contributed by atoms with Gasteiger partial charge in [0.05, 0.1) is 0 Å². The molecular formula is C11H13BrN2. The molecule has 0 fully saturated rings. The van der Waals surface area contributed by atoms with E-state index < -0.39 is 0 Å². The molecule has 14 heavy (non-hydrogen) atoms. The Kier molecular flexibility index (Phi) is 2.61. The van der Waals surface area contributed by atoms with Crippen LogP contribution in [0.5, 0.6) is 0 Å². The third kappa shape index (κ3) is 1.47. The van der Waals surface area contributed by atoms with Gasteiger partial charge in [0.1, 0.15) is 0 Å². The topological polar surface area (TPSA) is 30.9 Å². The summed E-state index contributed by atoms with van der Waals surface area (Å²) in [6.45, 7) is 2.78. The highest BCUT2D eigenvalue weighted by atomic mass is 79.9. The van der Waals surface area contributed by atoms with E-state index in [0.717, 1.165) is 4.47 Å². The van der Waals surface area contributed by atoms with Gasteiger partial charge >= 0.3 is 0 Å². The fourth-order valence-corrected chi connectivity index (χ4v) is 2.20. The van der Waals surface area contributed by atoms with Gasteiger partial charge in [-0.3, -0.25) is 0 Å². The lowest BCUT2D eigenvalue weighted by molar-refractivity contribution is 0.576. The molecule has 0 spiro atoms. The third-order valence-corrected chi connectivity index (χ3v) is 3.14. The second-order valence-corrected chi connectivity index (χ2v) is 4.34. The van der Waals surface area contributed by atoms with Crippen molar-refractivity contribution >= 4 is 26.8 Å². The van der Waals surface area contributed by atoms with E-state index in [1.165, 1.54) is 10.9 Å². The fraction of sp³-hybridized carbons (Fsp3) is 0.273. The molecule has 1 atom stereocenters. The van der Waals surface area contributed by atoms with E-state index in [9.17, 15) is 0 Å². The predicted octanol–water partition coefficient (Wildman–Crippen LogP) is 2.92. The molecule has 2 rings (SSSR count). The van der Waals surface area contributed by atoms with Gasteiger partial charge in [-0.2, -0.15) is 0 Å². The fourth-order valence-electron chi connectivity index (χ4n) is 1.64. The van der Waals surface area contributed by atoms with Gasteiger partial charge in [-0.15, -0.1) is 0 Å². The van der Waals surface area contributed by atoms with E-state index in [2.05, 4.69) is 51.8 Å². The Labute approximate surface area is 91.8 Å². The van der Waals surface area contributed by atoms with Crippen LogP contribution in [0.25, 0.3) is 10.9 Å². The van der Waals surface area contributed by atoms with Crippen LogP contribution in [-0.4, -0.2) is 11.1 Å². The van der Waals surface area contributed by atoms with Crippen molar-refractivity contribution in [3.63, 3.8) is 0 Å². The van der Waals surface area contributed by atoms with Gasteiger partial charge < -0.3 is 10.3 Å². The average Bonchev–Trinajstić information content (AvgIpc) is 2.56. The predicted molar refractivity (Wildman–Crippen MR) is 63.4 cm³/mol. The molecule has 0 aliphatic rings. The van der Waals surface area contributed by atoms with E-state index in [-0.39, 0.29) is 0 Å². The van der Waals surface area contributed by atoms with Crippen molar-refractivity contribution in [3.8, 4) is 0 Å².